The van der Waals surface area contributed by atoms with E-state index in [2.05, 4.69) is 66.9 Å². The molecule has 0 N–H and O–H groups in total. The first-order valence-electron chi connectivity index (χ1n) is 9.23. The molecule has 136 valence electrons. The first kappa shape index (κ1) is 17.2. The van der Waals surface area contributed by atoms with E-state index in [1.165, 1.54) is 21.3 Å². The number of amides is 1. The highest BCUT2D eigenvalue weighted by atomic mass is 32.1. The fourth-order valence-electron chi connectivity index (χ4n) is 3.44. The van der Waals surface area contributed by atoms with Gasteiger partial charge in [-0.3, -0.25) is 4.79 Å². The Bertz CT molecular complexity index is 883. The van der Waals surface area contributed by atoms with Crippen LogP contribution in [-0.4, -0.2) is 41.6 Å². The van der Waals surface area contributed by atoms with E-state index < -0.39 is 0 Å². The van der Waals surface area contributed by atoms with Gasteiger partial charge in [0.25, 0.3) is 5.91 Å². The highest BCUT2D eigenvalue weighted by Gasteiger charge is 2.24. The topological polar surface area (TPSA) is 28.5 Å². The van der Waals surface area contributed by atoms with Crippen LogP contribution in [0.2, 0.25) is 0 Å². The average molecular weight is 368 g/mol. The Morgan fingerprint density at radius 1 is 1.04 bits per heavy atom. The molecule has 1 aliphatic rings. The number of anilines is 1. The average Bonchev–Trinajstić information content (AvgIpc) is 3.21. The van der Waals surface area contributed by atoms with E-state index in [0.717, 1.165) is 31.1 Å². The maximum atomic E-state index is 12.9. The van der Waals surface area contributed by atoms with Crippen molar-refractivity contribution in [1.82, 2.24) is 9.47 Å². The number of thiophene rings is 1. The highest BCUT2D eigenvalue weighted by molar-refractivity contribution is 7.20. The number of fused-ring (bicyclic) bond motifs is 1. The SMILES string of the molecule is Cc1ccc(N2CCN(C(=O)c3cc4cn(C(C)C)cc4s3)CC2)cc1. The molecule has 4 rings (SSSR count). The van der Waals surface area contributed by atoms with E-state index in [0.29, 0.717) is 6.04 Å². The van der Waals surface area contributed by atoms with E-state index in [1.807, 2.05) is 11.0 Å². The lowest BCUT2D eigenvalue weighted by Gasteiger charge is -2.36. The Balaban J connectivity index is 1.43. The molecule has 3 heterocycles. The van der Waals surface area contributed by atoms with Gasteiger partial charge in [0.05, 0.1) is 9.58 Å². The van der Waals surface area contributed by atoms with Gasteiger partial charge >= 0.3 is 0 Å². The van der Waals surface area contributed by atoms with Crippen LogP contribution in [0.5, 0.6) is 0 Å². The quantitative estimate of drug-likeness (QED) is 0.679. The van der Waals surface area contributed by atoms with Gasteiger partial charge in [-0.15, -0.1) is 11.3 Å². The summed E-state index contributed by atoms with van der Waals surface area (Å²) in [6, 6.07) is 11.1. The molecular formula is C21H25N3OS. The number of benzene rings is 1. The molecule has 5 heteroatoms. The molecule has 3 aromatic rings. The molecule has 0 spiro atoms. The lowest BCUT2D eigenvalue weighted by Crippen LogP contribution is -2.48. The summed E-state index contributed by atoms with van der Waals surface area (Å²) >= 11 is 1.61. The summed E-state index contributed by atoms with van der Waals surface area (Å²) in [5, 5.41) is 1.17. The predicted molar refractivity (Wildman–Crippen MR) is 109 cm³/mol. The number of rotatable bonds is 3. The Morgan fingerprint density at radius 3 is 2.35 bits per heavy atom. The third-order valence-electron chi connectivity index (χ3n) is 5.12. The summed E-state index contributed by atoms with van der Waals surface area (Å²) in [6.45, 7) is 9.78. The molecule has 0 unspecified atom stereocenters. The number of piperazine rings is 1. The van der Waals surface area contributed by atoms with Crippen molar-refractivity contribution < 1.29 is 4.79 Å². The third-order valence-corrected chi connectivity index (χ3v) is 6.19. The fraction of sp³-hybridized carbons (Fsp3) is 0.381. The van der Waals surface area contributed by atoms with Crippen molar-refractivity contribution in [3.63, 3.8) is 0 Å². The van der Waals surface area contributed by atoms with E-state index in [-0.39, 0.29) is 5.91 Å². The van der Waals surface area contributed by atoms with Crippen molar-refractivity contribution >= 4 is 33.0 Å². The van der Waals surface area contributed by atoms with Crippen LogP contribution in [-0.2, 0) is 0 Å². The van der Waals surface area contributed by atoms with Crippen LogP contribution in [0.25, 0.3) is 10.1 Å². The van der Waals surface area contributed by atoms with E-state index >= 15 is 0 Å². The Morgan fingerprint density at radius 2 is 1.73 bits per heavy atom. The number of nitrogens with zero attached hydrogens (tertiary/aromatic N) is 3. The molecule has 0 saturated carbocycles. The summed E-state index contributed by atoms with van der Waals surface area (Å²) in [5.74, 6) is 0.172. The number of aromatic nitrogens is 1. The Hall–Kier alpha value is -2.27. The second kappa shape index (κ2) is 6.80. The summed E-state index contributed by atoms with van der Waals surface area (Å²) in [5.41, 5.74) is 2.52. The number of hydrogen-bond acceptors (Lipinski definition) is 3. The van der Waals surface area contributed by atoms with Crippen molar-refractivity contribution in [2.24, 2.45) is 0 Å². The minimum Gasteiger partial charge on any atom is -0.368 e. The maximum absolute atomic E-state index is 12.9. The minimum absolute atomic E-state index is 0.172. The zero-order chi connectivity index (χ0) is 18.3. The summed E-state index contributed by atoms with van der Waals surface area (Å²) < 4.78 is 3.40. The normalized spacial score (nSPS) is 15.2. The molecule has 0 radical (unpaired) electrons. The smallest absolute Gasteiger partial charge is 0.264 e. The summed E-state index contributed by atoms with van der Waals surface area (Å²) in [6.07, 6.45) is 4.29. The van der Waals surface area contributed by atoms with E-state index in [4.69, 9.17) is 0 Å². The van der Waals surface area contributed by atoms with Gasteiger partial charge in [0, 0.05) is 55.7 Å². The molecule has 1 aromatic carbocycles. The molecule has 2 aromatic heterocycles. The van der Waals surface area contributed by atoms with Crippen LogP contribution in [0.4, 0.5) is 5.69 Å². The van der Waals surface area contributed by atoms with Crippen LogP contribution in [0.3, 0.4) is 0 Å². The van der Waals surface area contributed by atoms with E-state index in [9.17, 15) is 4.79 Å². The van der Waals surface area contributed by atoms with Gasteiger partial charge < -0.3 is 14.4 Å². The van der Waals surface area contributed by atoms with Gasteiger partial charge in [0.15, 0.2) is 0 Å². The standard InChI is InChI=1S/C21H25N3OS/c1-15(2)24-13-17-12-19(26-20(17)14-24)21(25)23-10-8-22(9-11-23)18-6-4-16(3)5-7-18/h4-7,12-15H,8-11H2,1-3H3. The van der Waals surface area contributed by atoms with Crippen molar-refractivity contribution in [1.29, 1.82) is 0 Å². The molecule has 26 heavy (non-hydrogen) atoms. The van der Waals surface area contributed by atoms with Crippen molar-refractivity contribution in [2.75, 3.05) is 31.1 Å². The van der Waals surface area contributed by atoms with Crippen molar-refractivity contribution in [2.45, 2.75) is 26.8 Å². The molecule has 0 atom stereocenters. The fourth-order valence-corrected chi connectivity index (χ4v) is 4.48. The first-order valence-corrected chi connectivity index (χ1v) is 10.0. The monoisotopic (exact) mass is 367 g/mol. The number of hydrogen-bond donors (Lipinski definition) is 0. The lowest BCUT2D eigenvalue weighted by molar-refractivity contribution is 0.0752. The second-order valence-corrected chi connectivity index (χ2v) is 8.43. The first-order chi connectivity index (χ1) is 12.5. The molecule has 1 fully saturated rings. The number of aryl methyl sites for hydroxylation is 1. The lowest BCUT2D eigenvalue weighted by atomic mass is 10.2. The number of carbonyl (C=O) groups is 1. The third kappa shape index (κ3) is 3.23. The van der Waals surface area contributed by atoms with Gasteiger partial charge in [-0.2, -0.15) is 0 Å². The Kier molecular flexibility index (Phi) is 4.49. The van der Waals surface area contributed by atoms with Crippen molar-refractivity contribution in [3.8, 4) is 0 Å². The van der Waals surface area contributed by atoms with Gasteiger partial charge in [-0.25, -0.2) is 0 Å². The molecule has 0 bridgehead atoms. The van der Waals surface area contributed by atoms with Gasteiger partial charge in [-0.1, -0.05) is 17.7 Å². The minimum atomic E-state index is 0.172. The van der Waals surface area contributed by atoms with Crippen LogP contribution in [0.15, 0.2) is 42.7 Å². The predicted octanol–water partition coefficient (Wildman–Crippen LogP) is 4.55. The zero-order valence-corrected chi connectivity index (χ0v) is 16.4. The molecule has 1 aliphatic heterocycles. The largest absolute Gasteiger partial charge is 0.368 e. The molecule has 4 nitrogen and oxygen atoms in total. The number of carbonyl (C=O) groups excluding carboxylic acids is 1. The van der Waals surface area contributed by atoms with Crippen LogP contribution in [0, 0.1) is 6.92 Å². The van der Waals surface area contributed by atoms with Crippen molar-refractivity contribution in [3.05, 3.63) is 53.2 Å². The molecule has 1 saturated heterocycles. The van der Waals surface area contributed by atoms with Gasteiger partial charge in [0.2, 0.25) is 0 Å². The van der Waals surface area contributed by atoms with Crippen LogP contribution >= 0.6 is 11.3 Å². The van der Waals surface area contributed by atoms with Gasteiger partial charge in [-0.05, 0) is 39.0 Å². The van der Waals surface area contributed by atoms with Crippen LogP contribution < -0.4 is 4.90 Å². The summed E-state index contributed by atoms with van der Waals surface area (Å²) in [7, 11) is 0. The maximum Gasteiger partial charge on any atom is 0.264 e. The van der Waals surface area contributed by atoms with Crippen LogP contribution in [0.1, 0.15) is 35.1 Å². The highest BCUT2D eigenvalue weighted by Crippen LogP contribution is 2.29. The summed E-state index contributed by atoms with van der Waals surface area (Å²) in [4.78, 5) is 18.1. The zero-order valence-electron chi connectivity index (χ0n) is 15.6. The van der Waals surface area contributed by atoms with Gasteiger partial charge in [0.1, 0.15) is 0 Å². The molecule has 0 aliphatic carbocycles. The van der Waals surface area contributed by atoms with E-state index in [1.54, 1.807) is 11.3 Å². The Labute approximate surface area is 158 Å². The molecular weight excluding hydrogens is 342 g/mol. The molecule has 1 amide bonds. The second-order valence-electron chi connectivity index (χ2n) is 7.34.